The van der Waals surface area contributed by atoms with Crippen LogP contribution in [0.4, 0.5) is 0 Å². The van der Waals surface area contributed by atoms with Crippen molar-refractivity contribution in [2.75, 3.05) is 19.7 Å². The van der Waals surface area contributed by atoms with Crippen LogP contribution in [0.5, 0.6) is 0 Å². The fourth-order valence-electron chi connectivity index (χ4n) is 2.45. The average molecular weight is 199 g/mol. The van der Waals surface area contributed by atoms with Gasteiger partial charge < -0.3 is 5.11 Å². The Hall–Kier alpha value is -0.0800. The third kappa shape index (κ3) is 2.96. The predicted molar refractivity (Wildman–Crippen MR) is 60.4 cm³/mol. The molecule has 1 rings (SSSR count). The number of rotatable bonds is 4. The van der Waals surface area contributed by atoms with Crippen LogP contribution in [0.15, 0.2) is 0 Å². The van der Waals surface area contributed by atoms with Crippen LogP contribution in [0.1, 0.15) is 46.5 Å². The number of hydrogen-bond donors (Lipinski definition) is 1. The van der Waals surface area contributed by atoms with Crippen molar-refractivity contribution in [3.05, 3.63) is 0 Å². The molecule has 1 fully saturated rings. The van der Waals surface area contributed by atoms with Crippen molar-refractivity contribution in [2.45, 2.75) is 52.0 Å². The van der Waals surface area contributed by atoms with E-state index in [2.05, 4.69) is 25.7 Å². The van der Waals surface area contributed by atoms with Gasteiger partial charge in [0.2, 0.25) is 0 Å². The maximum atomic E-state index is 8.95. The minimum atomic E-state index is 0.352. The molecule has 0 amide bonds. The minimum absolute atomic E-state index is 0.352. The topological polar surface area (TPSA) is 23.5 Å². The second-order valence-corrected chi connectivity index (χ2v) is 5.18. The van der Waals surface area contributed by atoms with Crippen LogP contribution in [0.3, 0.4) is 0 Å². The second kappa shape index (κ2) is 5.13. The van der Waals surface area contributed by atoms with Crippen LogP contribution in [0.2, 0.25) is 0 Å². The van der Waals surface area contributed by atoms with Crippen LogP contribution in [-0.4, -0.2) is 35.2 Å². The number of likely N-dealkylation sites (tertiary alicyclic amines) is 1. The molecule has 0 aliphatic carbocycles. The van der Waals surface area contributed by atoms with Gasteiger partial charge in [0.1, 0.15) is 0 Å². The van der Waals surface area contributed by atoms with Crippen molar-refractivity contribution in [3.63, 3.8) is 0 Å². The number of aliphatic hydroxyl groups excluding tert-OH is 1. The largest absolute Gasteiger partial charge is 0.396 e. The Morgan fingerprint density at radius 3 is 2.71 bits per heavy atom. The minimum Gasteiger partial charge on any atom is -0.396 e. The zero-order chi connectivity index (χ0) is 10.6. The van der Waals surface area contributed by atoms with E-state index in [0.29, 0.717) is 12.1 Å². The highest BCUT2D eigenvalue weighted by molar-refractivity contribution is 4.88. The predicted octanol–water partition coefficient (Wildman–Crippen LogP) is 2.27. The zero-order valence-electron chi connectivity index (χ0n) is 9.92. The van der Waals surface area contributed by atoms with E-state index in [9.17, 15) is 0 Å². The summed E-state index contributed by atoms with van der Waals surface area (Å²) in [5.74, 6) is 0.722. The molecule has 0 aromatic heterocycles. The maximum absolute atomic E-state index is 8.95. The van der Waals surface area contributed by atoms with Crippen LogP contribution in [-0.2, 0) is 0 Å². The molecule has 2 heteroatoms. The summed E-state index contributed by atoms with van der Waals surface area (Å²) in [4.78, 5) is 2.59. The highest BCUT2D eigenvalue weighted by Gasteiger charge is 2.32. The molecule has 1 heterocycles. The molecule has 0 spiro atoms. The first kappa shape index (κ1) is 12.0. The monoisotopic (exact) mass is 199 g/mol. The van der Waals surface area contributed by atoms with Crippen LogP contribution in [0.25, 0.3) is 0 Å². The SMILES string of the molecule is CCCN1CC(CCO)CCC1(C)C. The molecule has 14 heavy (non-hydrogen) atoms. The molecule has 0 radical (unpaired) electrons. The normalized spacial score (nSPS) is 27.9. The third-order valence-corrected chi connectivity index (χ3v) is 3.53. The van der Waals surface area contributed by atoms with Gasteiger partial charge in [-0.2, -0.15) is 0 Å². The number of piperidine rings is 1. The van der Waals surface area contributed by atoms with E-state index in [1.54, 1.807) is 0 Å². The van der Waals surface area contributed by atoms with Gasteiger partial charge in [0, 0.05) is 18.7 Å². The van der Waals surface area contributed by atoms with E-state index in [1.807, 2.05) is 0 Å². The van der Waals surface area contributed by atoms with Crippen LogP contribution >= 0.6 is 0 Å². The van der Waals surface area contributed by atoms with Gasteiger partial charge in [-0.15, -0.1) is 0 Å². The molecule has 0 bridgehead atoms. The fraction of sp³-hybridized carbons (Fsp3) is 1.00. The van der Waals surface area contributed by atoms with Gasteiger partial charge in [-0.3, -0.25) is 4.90 Å². The lowest BCUT2D eigenvalue weighted by atomic mass is 9.83. The summed E-state index contributed by atoms with van der Waals surface area (Å²) in [7, 11) is 0. The first-order chi connectivity index (χ1) is 6.60. The van der Waals surface area contributed by atoms with Crippen molar-refractivity contribution < 1.29 is 5.11 Å². The Morgan fingerprint density at radius 1 is 1.43 bits per heavy atom. The molecule has 1 saturated heterocycles. The van der Waals surface area contributed by atoms with Crippen molar-refractivity contribution in [1.29, 1.82) is 0 Å². The average Bonchev–Trinajstić information content (AvgIpc) is 2.12. The lowest BCUT2D eigenvalue weighted by Crippen LogP contribution is -2.50. The molecular formula is C12H25NO. The molecule has 1 unspecified atom stereocenters. The third-order valence-electron chi connectivity index (χ3n) is 3.53. The summed E-state index contributed by atoms with van der Waals surface area (Å²) in [6, 6.07) is 0. The Labute approximate surface area is 88.3 Å². The molecule has 0 saturated carbocycles. The summed E-state index contributed by atoms with van der Waals surface area (Å²) in [6.07, 6.45) is 4.77. The Kier molecular flexibility index (Phi) is 4.39. The molecule has 0 aromatic rings. The van der Waals surface area contributed by atoms with E-state index < -0.39 is 0 Å². The lowest BCUT2D eigenvalue weighted by molar-refractivity contribution is 0.0376. The molecule has 2 nitrogen and oxygen atoms in total. The highest BCUT2D eigenvalue weighted by Crippen LogP contribution is 2.31. The fourth-order valence-corrected chi connectivity index (χ4v) is 2.45. The van der Waals surface area contributed by atoms with E-state index in [0.717, 1.165) is 12.3 Å². The van der Waals surface area contributed by atoms with E-state index in [1.165, 1.54) is 32.4 Å². The lowest BCUT2D eigenvalue weighted by Gasteiger charge is -2.45. The van der Waals surface area contributed by atoms with Gasteiger partial charge >= 0.3 is 0 Å². The molecule has 1 aliphatic rings. The van der Waals surface area contributed by atoms with Crippen molar-refractivity contribution in [2.24, 2.45) is 5.92 Å². The smallest absolute Gasteiger partial charge is 0.0434 e. The van der Waals surface area contributed by atoms with Crippen LogP contribution in [0, 0.1) is 5.92 Å². The number of aliphatic hydroxyl groups is 1. The molecule has 1 N–H and O–H groups in total. The quantitative estimate of drug-likeness (QED) is 0.751. The molecular weight excluding hydrogens is 174 g/mol. The maximum Gasteiger partial charge on any atom is 0.0434 e. The zero-order valence-corrected chi connectivity index (χ0v) is 9.92. The summed E-state index contributed by atoms with van der Waals surface area (Å²) >= 11 is 0. The van der Waals surface area contributed by atoms with E-state index in [4.69, 9.17) is 5.11 Å². The Balaban J connectivity index is 2.49. The molecule has 0 aromatic carbocycles. The van der Waals surface area contributed by atoms with E-state index in [-0.39, 0.29) is 0 Å². The standard InChI is InChI=1S/C12H25NO/c1-4-8-13-10-11(6-9-14)5-7-12(13,2)3/h11,14H,4-10H2,1-3H3. The Morgan fingerprint density at radius 2 is 2.14 bits per heavy atom. The molecule has 1 atom stereocenters. The van der Waals surface area contributed by atoms with E-state index >= 15 is 0 Å². The van der Waals surface area contributed by atoms with Gasteiger partial charge in [0.05, 0.1) is 0 Å². The molecule has 1 aliphatic heterocycles. The number of hydrogen-bond acceptors (Lipinski definition) is 2. The van der Waals surface area contributed by atoms with Crippen LogP contribution < -0.4 is 0 Å². The summed E-state index contributed by atoms with van der Waals surface area (Å²) in [6.45, 7) is 9.67. The molecule has 84 valence electrons. The van der Waals surface area contributed by atoms with Gasteiger partial charge in [-0.1, -0.05) is 6.92 Å². The Bertz CT molecular complexity index is 168. The van der Waals surface area contributed by atoms with Gasteiger partial charge in [0.15, 0.2) is 0 Å². The summed E-state index contributed by atoms with van der Waals surface area (Å²) < 4.78 is 0. The second-order valence-electron chi connectivity index (χ2n) is 5.18. The van der Waals surface area contributed by atoms with Crippen molar-refractivity contribution in [1.82, 2.24) is 4.90 Å². The van der Waals surface area contributed by atoms with Gasteiger partial charge in [-0.05, 0) is 52.0 Å². The first-order valence-corrected chi connectivity index (χ1v) is 5.96. The van der Waals surface area contributed by atoms with Crippen molar-refractivity contribution in [3.8, 4) is 0 Å². The highest BCUT2D eigenvalue weighted by atomic mass is 16.3. The van der Waals surface area contributed by atoms with Gasteiger partial charge in [0.25, 0.3) is 0 Å². The summed E-state index contributed by atoms with van der Waals surface area (Å²) in [5, 5.41) is 8.95. The van der Waals surface area contributed by atoms with Gasteiger partial charge in [-0.25, -0.2) is 0 Å². The van der Waals surface area contributed by atoms with Crippen molar-refractivity contribution >= 4 is 0 Å². The number of nitrogens with zero attached hydrogens (tertiary/aromatic N) is 1. The summed E-state index contributed by atoms with van der Waals surface area (Å²) in [5.41, 5.74) is 0.377. The first-order valence-electron chi connectivity index (χ1n) is 5.96.